The van der Waals surface area contributed by atoms with Crippen LogP contribution >= 0.6 is 0 Å². The average molecular weight is 332 g/mol. The normalized spacial score (nSPS) is 11.0. The van der Waals surface area contributed by atoms with E-state index in [1.54, 1.807) is 0 Å². The number of carbonyl (C=O) groups is 1. The van der Waals surface area contributed by atoms with Gasteiger partial charge in [0.1, 0.15) is 11.4 Å². The van der Waals surface area contributed by atoms with E-state index in [0.717, 1.165) is 18.5 Å². The fourth-order valence-corrected chi connectivity index (χ4v) is 1.74. The van der Waals surface area contributed by atoms with E-state index in [4.69, 9.17) is 9.15 Å². The van der Waals surface area contributed by atoms with Crippen molar-refractivity contribution < 1.29 is 47.4 Å². The van der Waals surface area contributed by atoms with Crippen molar-refractivity contribution >= 4 is 5.97 Å². The van der Waals surface area contributed by atoms with Crippen LogP contribution < -0.4 is 23.6 Å². The van der Waals surface area contributed by atoms with Gasteiger partial charge in [0.15, 0.2) is 17.8 Å². The summed E-state index contributed by atoms with van der Waals surface area (Å²) in [5, 5.41) is 5.99. The maximum atomic E-state index is 12.7. The van der Waals surface area contributed by atoms with Crippen molar-refractivity contribution in [3.05, 3.63) is 48.2 Å². The van der Waals surface area contributed by atoms with Crippen molar-refractivity contribution in [2.45, 2.75) is 6.18 Å². The van der Waals surface area contributed by atoms with Gasteiger partial charge in [-0.3, -0.25) is 0 Å². The molecule has 0 amide bonds. The number of halogens is 3. The third-order valence-electron chi connectivity index (χ3n) is 2.71. The third-order valence-corrected chi connectivity index (χ3v) is 2.71. The van der Waals surface area contributed by atoms with Crippen LogP contribution in [0.5, 0.6) is 5.88 Å². The molecular formula is C13H8F3LiN4O3. The third kappa shape index (κ3) is 3.66. The molecule has 0 aliphatic carbocycles. The number of esters is 1. The van der Waals surface area contributed by atoms with Crippen molar-refractivity contribution in [3.63, 3.8) is 0 Å². The maximum absolute atomic E-state index is 12.7. The van der Waals surface area contributed by atoms with Crippen LogP contribution in [0.15, 0.2) is 41.3 Å². The zero-order chi connectivity index (χ0) is 16.4. The van der Waals surface area contributed by atoms with Crippen LogP contribution in [-0.2, 0) is 6.18 Å². The predicted octanol–water partition coefficient (Wildman–Crippen LogP) is -0.186. The Balaban J connectivity index is 0.00000156. The van der Waals surface area contributed by atoms with E-state index in [2.05, 4.69) is 20.2 Å². The van der Waals surface area contributed by atoms with E-state index in [1.165, 1.54) is 18.3 Å². The summed E-state index contributed by atoms with van der Waals surface area (Å²) < 4.78 is 48.0. The number of aromatic amines is 1. The van der Waals surface area contributed by atoms with Crippen molar-refractivity contribution in [2.75, 3.05) is 0 Å². The molecule has 24 heavy (non-hydrogen) atoms. The molecule has 11 heteroatoms. The van der Waals surface area contributed by atoms with Crippen molar-refractivity contribution in [2.24, 2.45) is 0 Å². The van der Waals surface area contributed by atoms with Crippen LogP contribution in [0.4, 0.5) is 13.2 Å². The molecule has 0 aliphatic heterocycles. The number of pyridine rings is 1. The van der Waals surface area contributed by atoms with Gasteiger partial charge < -0.3 is 10.6 Å². The molecule has 0 fully saturated rings. The molecule has 0 radical (unpaired) electrons. The Hall–Kier alpha value is -2.57. The molecule has 0 atom stereocenters. The SMILES string of the molecule is O=C(Oc1ccn[nH]1)c1ncoc1-c1cccc(C(F)(F)F)n1.[H-].[Li+]. The van der Waals surface area contributed by atoms with Crippen LogP contribution in [0.3, 0.4) is 0 Å². The number of nitrogens with one attached hydrogen (secondary N) is 1. The smallest absolute Gasteiger partial charge is 1.00 e. The average Bonchev–Trinajstić information content (AvgIpc) is 3.17. The summed E-state index contributed by atoms with van der Waals surface area (Å²) in [5.41, 5.74) is -1.60. The number of hydrogen-bond acceptors (Lipinski definition) is 6. The molecule has 120 valence electrons. The summed E-state index contributed by atoms with van der Waals surface area (Å²) in [4.78, 5) is 19.1. The van der Waals surface area contributed by atoms with Crippen LogP contribution in [0.25, 0.3) is 11.5 Å². The first-order chi connectivity index (χ1) is 10.9. The molecule has 0 saturated carbocycles. The first-order valence-corrected chi connectivity index (χ1v) is 6.15. The van der Waals surface area contributed by atoms with Gasteiger partial charge in [-0.15, -0.1) is 0 Å². The standard InChI is InChI=1S/C13H7F3N4O3.Li.H/c14-13(15,16)8-3-1-2-7(19-8)11-10(17-6-22-11)12(21)23-9-4-5-18-20-9;;/h1-6H,(H,18,20);;/q;+1;-1. The molecule has 0 spiro atoms. The Morgan fingerprint density at radius 1 is 1.29 bits per heavy atom. The van der Waals surface area contributed by atoms with Crippen molar-refractivity contribution in [3.8, 4) is 17.3 Å². The largest absolute Gasteiger partial charge is 1.00 e. The minimum atomic E-state index is -4.62. The summed E-state index contributed by atoms with van der Waals surface area (Å²) in [5.74, 6) is -1.08. The molecule has 0 aliphatic rings. The van der Waals surface area contributed by atoms with Crippen LogP contribution in [0.2, 0.25) is 0 Å². The molecule has 3 aromatic rings. The summed E-state index contributed by atoms with van der Waals surface area (Å²) in [6, 6.07) is 4.61. The van der Waals surface area contributed by atoms with E-state index in [1.807, 2.05) is 0 Å². The molecule has 7 nitrogen and oxygen atoms in total. The fraction of sp³-hybridized carbons (Fsp3) is 0.0769. The predicted molar refractivity (Wildman–Crippen MR) is 69.4 cm³/mol. The number of aromatic nitrogens is 4. The summed E-state index contributed by atoms with van der Waals surface area (Å²) in [7, 11) is 0. The number of rotatable bonds is 3. The first kappa shape index (κ1) is 17.8. The Bertz CT molecular complexity index is 839. The quantitative estimate of drug-likeness (QED) is 0.528. The Labute approximate surface area is 145 Å². The molecule has 3 aromatic heterocycles. The molecule has 0 unspecified atom stereocenters. The van der Waals surface area contributed by atoms with Gasteiger partial charge >= 0.3 is 31.0 Å². The van der Waals surface area contributed by atoms with E-state index < -0.39 is 17.8 Å². The Kier molecular flexibility index (Phi) is 5.11. The minimum absolute atomic E-state index is 0. The molecule has 0 saturated heterocycles. The van der Waals surface area contributed by atoms with Crippen molar-refractivity contribution in [1.82, 2.24) is 20.2 Å². The van der Waals surface area contributed by atoms with Gasteiger partial charge in [0, 0.05) is 6.07 Å². The molecule has 3 rings (SSSR count). The molecular weight excluding hydrogens is 324 g/mol. The molecule has 0 bridgehead atoms. The summed E-state index contributed by atoms with van der Waals surface area (Å²) in [6.45, 7) is 0. The van der Waals surface area contributed by atoms with Gasteiger partial charge in [0.05, 0.1) is 6.20 Å². The van der Waals surface area contributed by atoms with E-state index in [-0.39, 0.29) is 43.3 Å². The van der Waals surface area contributed by atoms with Gasteiger partial charge in [0.25, 0.3) is 0 Å². The van der Waals surface area contributed by atoms with Crippen LogP contribution in [0.1, 0.15) is 17.6 Å². The number of ether oxygens (including phenoxy) is 1. The van der Waals surface area contributed by atoms with Gasteiger partial charge in [-0.1, -0.05) is 6.07 Å². The summed E-state index contributed by atoms with van der Waals surface area (Å²) >= 11 is 0. The fourth-order valence-electron chi connectivity index (χ4n) is 1.74. The second-order valence-corrected chi connectivity index (χ2v) is 4.25. The van der Waals surface area contributed by atoms with E-state index in [0.29, 0.717) is 0 Å². The molecule has 1 N–H and O–H groups in total. The summed E-state index contributed by atoms with van der Waals surface area (Å²) in [6.07, 6.45) is -2.34. The Morgan fingerprint density at radius 3 is 2.75 bits per heavy atom. The molecule has 0 aromatic carbocycles. The minimum Gasteiger partial charge on any atom is -1.00 e. The first-order valence-electron chi connectivity index (χ1n) is 6.15. The number of hydrogen-bond donors (Lipinski definition) is 1. The maximum Gasteiger partial charge on any atom is 1.00 e. The van der Waals surface area contributed by atoms with Crippen LogP contribution in [-0.4, -0.2) is 26.1 Å². The van der Waals surface area contributed by atoms with E-state index >= 15 is 0 Å². The number of H-pyrrole nitrogens is 1. The van der Waals surface area contributed by atoms with E-state index in [9.17, 15) is 18.0 Å². The van der Waals surface area contributed by atoms with Crippen LogP contribution in [0, 0.1) is 0 Å². The zero-order valence-electron chi connectivity index (χ0n) is 13.2. The van der Waals surface area contributed by atoms with Gasteiger partial charge in [-0.05, 0) is 12.1 Å². The topological polar surface area (TPSA) is 93.9 Å². The molecule has 3 heterocycles. The van der Waals surface area contributed by atoms with Gasteiger partial charge in [0.2, 0.25) is 5.88 Å². The zero-order valence-corrected chi connectivity index (χ0v) is 12.2. The second kappa shape index (κ2) is 6.90. The van der Waals surface area contributed by atoms with Gasteiger partial charge in [-0.25, -0.2) is 19.9 Å². The number of oxazole rings is 1. The number of carbonyl (C=O) groups excluding carboxylic acids is 1. The van der Waals surface area contributed by atoms with Crippen molar-refractivity contribution in [1.29, 1.82) is 0 Å². The van der Waals surface area contributed by atoms with Gasteiger partial charge in [-0.2, -0.15) is 18.3 Å². The monoisotopic (exact) mass is 332 g/mol. The second-order valence-electron chi connectivity index (χ2n) is 4.25. The Morgan fingerprint density at radius 2 is 2.08 bits per heavy atom. The number of nitrogens with zero attached hydrogens (tertiary/aromatic N) is 3. The number of alkyl halides is 3.